The monoisotopic (exact) mass is 360 g/mol. The highest BCUT2D eigenvalue weighted by Crippen LogP contribution is 2.28. The molecule has 0 unspecified atom stereocenters. The van der Waals surface area contributed by atoms with Gasteiger partial charge in [-0.3, -0.25) is 9.59 Å². The average Bonchev–Trinajstić information content (AvgIpc) is 2.61. The molecule has 138 valence electrons. The second-order valence-electron chi connectivity index (χ2n) is 5.31. The molecular formula is C16H20N6O4. The molecule has 0 fully saturated rings. The zero-order valence-electron chi connectivity index (χ0n) is 14.6. The number of hydrogen-bond acceptors (Lipinski definition) is 8. The van der Waals surface area contributed by atoms with Crippen LogP contribution >= 0.6 is 0 Å². The van der Waals surface area contributed by atoms with Crippen molar-refractivity contribution in [1.82, 2.24) is 9.97 Å². The molecule has 0 saturated carbocycles. The number of benzene rings is 1. The number of amides is 2. The summed E-state index contributed by atoms with van der Waals surface area (Å²) in [6.45, 7) is 1.56. The van der Waals surface area contributed by atoms with Gasteiger partial charge in [-0.2, -0.15) is 4.98 Å². The molecule has 0 aliphatic heterocycles. The minimum Gasteiger partial charge on any atom is -0.497 e. The van der Waals surface area contributed by atoms with E-state index in [1.807, 2.05) is 0 Å². The van der Waals surface area contributed by atoms with Gasteiger partial charge in [-0.15, -0.1) is 0 Å². The lowest BCUT2D eigenvalue weighted by Gasteiger charge is -2.14. The molecule has 1 atom stereocenters. The molecule has 10 nitrogen and oxygen atoms in total. The normalized spacial score (nSPS) is 11.3. The highest BCUT2D eigenvalue weighted by atomic mass is 16.5. The van der Waals surface area contributed by atoms with E-state index in [-0.39, 0.29) is 17.3 Å². The van der Waals surface area contributed by atoms with Crippen molar-refractivity contribution < 1.29 is 19.1 Å². The predicted octanol–water partition coefficient (Wildman–Crippen LogP) is 0.622. The summed E-state index contributed by atoms with van der Waals surface area (Å²) in [5.74, 6) is 0.0709. The van der Waals surface area contributed by atoms with E-state index >= 15 is 0 Å². The van der Waals surface area contributed by atoms with Gasteiger partial charge in [0.25, 0.3) is 5.91 Å². The Balaban J connectivity index is 2.40. The number of methoxy groups -OCH3 is 2. The van der Waals surface area contributed by atoms with Crippen molar-refractivity contribution >= 4 is 29.3 Å². The van der Waals surface area contributed by atoms with Crippen LogP contribution in [0.3, 0.4) is 0 Å². The Kier molecular flexibility index (Phi) is 5.78. The molecule has 1 heterocycles. The number of nitrogens with zero attached hydrogens (tertiary/aromatic N) is 2. The van der Waals surface area contributed by atoms with Gasteiger partial charge in [0.05, 0.1) is 14.2 Å². The number of aromatic nitrogens is 2. The van der Waals surface area contributed by atoms with Crippen LogP contribution in [0.1, 0.15) is 17.3 Å². The Morgan fingerprint density at radius 2 is 1.73 bits per heavy atom. The van der Waals surface area contributed by atoms with Crippen molar-refractivity contribution in [2.24, 2.45) is 11.5 Å². The standard InChI is InChI=1S/C16H20N6O4/c1-8(13(17)23)20-16-19-7-12(14(18)24)15(22-16)21-9-4-10(25-2)6-11(5-9)26-3/h4-8H,1-3H3,(H2,17,23)(H2,18,24)(H2,19,20,21,22)/t8-/m1/s1. The number of nitrogens with two attached hydrogens (primary N) is 2. The van der Waals surface area contributed by atoms with Crippen molar-refractivity contribution in [3.63, 3.8) is 0 Å². The van der Waals surface area contributed by atoms with E-state index in [9.17, 15) is 9.59 Å². The molecule has 1 aromatic carbocycles. The van der Waals surface area contributed by atoms with E-state index in [0.717, 1.165) is 0 Å². The molecule has 0 saturated heterocycles. The number of nitrogens with one attached hydrogen (secondary N) is 2. The van der Waals surface area contributed by atoms with E-state index in [0.29, 0.717) is 17.2 Å². The van der Waals surface area contributed by atoms with Gasteiger partial charge in [-0.1, -0.05) is 0 Å². The molecular weight excluding hydrogens is 340 g/mol. The van der Waals surface area contributed by atoms with Gasteiger partial charge in [0.2, 0.25) is 11.9 Å². The lowest BCUT2D eigenvalue weighted by atomic mass is 10.2. The molecule has 0 bridgehead atoms. The lowest BCUT2D eigenvalue weighted by Crippen LogP contribution is -2.33. The maximum absolute atomic E-state index is 11.7. The summed E-state index contributed by atoms with van der Waals surface area (Å²) in [7, 11) is 3.04. The van der Waals surface area contributed by atoms with Crippen LogP contribution in [0.25, 0.3) is 0 Å². The average molecular weight is 360 g/mol. The Labute approximate surface area is 149 Å². The van der Waals surface area contributed by atoms with Crippen molar-refractivity contribution in [3.8, 4) is 11.5 Å². The van der Waals surface area contributed by atoms with Crippen molar-refractivity contribution in [3.05, 3.63) is 30.0 Å². The number of anilines is 3. The predicted molar refractivity (Wildman–Crippen MR) is 95.7 cm³/mol. The van der Waals surface area contributed by atoms with Crippen LogP contribution in [0.2, 0.25) is 0 Å². The van der Waals surface area contributed by atoms with Gasteiger partial charge in [0, 0.05) is 30.1 Å². The molecule has 10 heteroatoms. The molecule has 1 aromatic heterocycles. The number of carbonyl (C=O) groups excluding carboxylic acids is 2. The fourth-order valence-electron chi connectivity index (χ4n) is 2.01. The number of carbonyl (C=O) groups is 2. The van der Waals surface area contributed by atoms with E-state index in [2.05, 4.69) is 20.6 Å². The minimum absolute atomic E-state index is 0.0732. The molecule has 0 aliphatic carbocycles. The lowest BCUT2D eigenvalue weighted by molar-refractivity contribution is -0.118. The number of primary amides is 2. The zero-order chi connectivity index (χ0) is 19.3. The van der Waals surface area contributed by atoms with Gasteiger partial charge in [-0.05, 0) is 6.92 Å². The summed E-state index contributed by atoms with van der Waals surface area (Å²) in [5.41, 5.74) is 11.2. The van der Waals surface area contributed by atoms with E-state index in [1.54, 1.807) is 25.1 Å². The molecule has 2 aromatic rings. The van der Waals surface area contributed by atoms with Crippen LogP contribution in [0, 0.1) is 0 Å². The Hall–Kier alpha value is -3.56. The maximum atomic E-state index is 11.7. The Bertz CT molecular complexity index is 804. The third kappa shape index (κ3) is 4.50. The molecule has 6 N–H and O–H groups in total. The van der Waals surface area contributed by atoms with Crippen LogP contribution in [-0.2, 0) is 4.79 Å². The quantitative estimate of drug-likeness (QED) is 0.534. The maximum Gasteiger partial charge on any atom is 0.254 e. The van der Waals surface area contributed by atoms with Crippen LogP contribution < -0.4 is 31.6 Å². The molecule has 0 aliphatic rings. The van der Waals surface area contributed by atoms with Crippen LogP contribution in [0.4, 0.5) is 17.5 Å². The van der Waals surface area contributed by atoms with Crippen LogP contribution in [0.5, 0.6) is 11.5 Å². The largest absolute Gasteiger partial charge is 0.497 e. The fourth-order valence-corrected chi connectivity index (χ4v) is 2.01. The molecule has 2 rings (SSSR count). The van der Waals surface area contributed by atoms with Crippen molar-refractivity contribution in [2.75, 3.05) is 24.9 Å². The first-order chi connectivity index (χ1) is 12.3. The summed E-state index contributed by atoms with van der Waals surface area (Å²) in [6, 6.07) is 4.38. The minimum atomic E-state index is -0.711. The Morgan fingerprint density at radius 3 is 2.23 bits per heavy atom. The number of ether oxygens (including phenoxy) is 2. The summed E-state index contributed by atoms with van der Waals surface area (Å²) in [4.78, 5) is 31.0. The fraction of sp³-hybridized carbons (Fsp3) is 0.250. The molecule has 0 radical (unpaired) electrons. The van der Waals surface area contributed by atoms with E-state index < -0.39 is 17.9 Å². The summed E-state index contributed by atoms with van der Waals surface area (Å²) >= 11 is 0. The highest BCUT2D eigenvalue weighted by Gasteiger charge is 2.16. The van der Waals surface area contributed by atoms with E-state index in [1.165, 1.54) is 20.4 Å². The third-order valence-corrected chi connectivity index (χ3v) is 3.44. The summed E-state index contributed by atoms with van der Waals surface area (Å²) < 4.78 is 10.4. The smallest absolute Gasteiger partial charge is 0.254 e. The summed E-state index contributed by atoms with van der Waals surface area (Å²) in [5, 5.41) is 5.72. The van der Waals surface area contributed by atoms with Crippen molar-refractivity contribution in [2.45, 2.75) is 13.0 Å². The molecule has 26 heavy (non-hydrogen) atoms. The van der Waals surface area contributed by atoms with Crippen LogP contribution in [0.15, 0.2) is 24.4 Å². The highest BCUT2D eigenvalue weighted by molar-refractivity contribution is 5.98. The molecule has 0 spiro atoms. The van der Waals surface area contributed by atoms with Gasteiger partial charge >= 0.3 is 0 Å². The SMILES string of the molecule is COc1cc(Nc2nc(N[C@H](C)C(N)=O)ncc2C(N)=O)cc(OC)c1. The first-order valence-electron chi connectivity index (χ1n) is 7.56. The zero-order valence-corrected chi connectivity index (χ0v) is 14.6. The van der Waals surface area contributed by atoms with Gasteiger partial charge in [0.15, 0.2) is 0 Å². The topological polar surface area (TPSA) is 154 Å². The second kappa shape index (κ2) is 8.01. The number of rotatable bonds is 8. The third-order valence-electron chi connectivity index (χ3n) is 3.44. The second-order valence-corrected chi connectivity index (χ2v) is 5.31. The van der Waals surface area contributed by atoms with E-state index in [4.69, 9.17) is 20.9 Å². The van der Waals surface area contributed by atoms with Gasteiger partial charge in [0.1, 0.15) is 28.9 Å². The van der Waals surface area contributed by atoms with Crippen molar-refractivity contribution in [1.29, 1.82) is 0 Å². The summed E-state index contributed by atoms with van der Waals surface area (Å²) in [6.07, 6.45) is 1.26. The van der Waals surface area contributed by atoms with Gasteiger partial charge in [-0.25, -0.2) is 4.98 Å². The first kappa shape index (κ1) is 18.8. The van der Waals surface area contributed by atoms with Crippen LogP contribution in [-0.4, -0.2) is 42.0 Å². The number of hydrogen-bond donors (Lipinski definition) is 4. The Morgan fingerprint density at radius 1 is 1.12 bits per heavy atom. The van der Waals surface area contributed by atoms with Gasteiger partial charge < -0.3 is 31.6 Å². The first-order valence-corrected chi connectivity index (χ1v) is 7.56. The molecule has 2 amide bonds.